The summed E-state index contributed by atoms with van der Waals surface area (Å²) in [6, 6.07) is 6.03. The number of ether oxygens (including phenoxy) is 1. The van der Waals surface area contributed by atoms with Gasteiger partial charge in [-0.3, -0.25) is 0 Å². The number of rotatable bonds is 4. The van der Waals surface area contributed by atoms with Gasteiger partial charge in [-0.15, -0.1) is 0 Å². The molecule has 1 aromatic carbocycles. The van der Waals surface area contributed by atoms with Gasteiger partial charge in [0.1, 0.15) is 5.75 Å². The van der Waals surface area contributed by atoms with Gasteiger partial charge in [0.15, 0.2) is 0 Å². The van der Waals surface area contributed by atoms with Crippen molar-refractivity contribution < 1.29 is 9.84 Å². The SMILES string of the molecule is CCC1(C)CCN(c2cccc(OC)c2[C@H](C)O)CC1. The zero-order valence-electron chi connectivity index (χ0n) is 13.1. The lowest BCUT2D eigenvalue weighted by molar-refractivity contribution is 0.193. The third-order valence-corrected chi connectivity index (χ3v) is 4.85. The highest BCUT2D eigenvalue weighted by Gasteiger charge is 2.30. The molecule has 2 rings (SSSR count). The molecule has 1 aliphatic heterocycles. The van der Waals surface area contributed by atoms with E-state index in [9.17, 15) is 5.11 Å². The van der Waals surface area contributed by atoms with Crippen LogP contribution in [0.5, 0.6) is 5.75 Å². The first kappa shape index (κ1) is 15.2. The van der Waals surface area contributed by atoms with Crippen molar-refractivity contribution in [3.63, 3.8) is 0 Å². The highest BCUT2D eigenvalue weighted by Crippen LogP contribution is 2.40. The molecule has 1 aromatic rings. The summed E-state index contributed by atoms with van der Waals surface area (Å²) in [5, 5.41) is 10.1. The third kappa shape index (κ3) is 2.93. The Morgan fingerprint density at radius 2 is 2.00 bits per heavy atom. The van der Waals surface area contributed by atoms with E-state index >= 15 is 0 Å². The van der Waals surface area contributed by atoms with Crippen molar-refractivity contribution in [2.24, 2.45) is 5.41 Å². The smallest absolute Gasteiger partial charge is 0.126 e. The summed E-state index contributed by atoms with van der Waals surface area (Å²) in [5.74, 6) is 0.779. The van der Waals surface area contributed by atoms with Crippen LogP contribution in [-0.2, 0) is 0 Å². The predicted molar refractivity (Wildman–Crippen MR) is 83.5 cm³/mol. The summed E-state index contributed by atoms with van der Waals surface area (Å²) < 4.78 is 5.41. The first-order valence-corrected chi connectivity index (χ1v) is 7.60. The number of aliphatic hydroxyl groups is 1. The minimum absolute atomic E-state index is 0.473. The van der Waals surface area contributed by atoms with Crippen LogP contribution in [0, 0.1) is 5.41 Å². The molecule has 0 bridgehead atoms. The number of anilines is 1. The maximum absolute atomic E-state index is 10.1. The van der Waals surface area contributed by atoms with Crippen LogP contribution in [0.15, 0.2) is 18.2 Å². The van der Waals surface area contributed by atoms with Crippen LogP contribution in [0.25, 0.3) is 0 Å². The predicted octanol–water partition coefficient (Wildman–Crippen LogP) is 3.77. The Bertz CT molecular complexity index is 448. The van der Waals surface area contributed by atoms with Gasteiger partial charge in [-0.2, -0.15) is 0 Å². The van der Waals surface area contributed by atoms with Crippen LogP contribution in [-0.4, -0.2) is 25.3 Å². The van der Waals surface area contributed by atoms with Crippen molar-refractivity contribution in [1.29, 1.82) is 0 Å². The molecule has 20 heavy (non-hydrogen) atoms. The second-order valence-electron chi connectivity index (χ2n) is 6.22. The molecule has 0 saturated carbocycles. The highest BCUT2D eigenvalue weighted by atomic mass is 16.5. The summed E-state index contributed by atoms with van der Waals surface area (Å²) in [6.07, 6.45) is 3.14. The molecule has 1 aliphatic rings. The van der Waals surface area contributed by atoms with Crippen molar-refractivity contribution in [3.05, 3.63) is 23.8 Å². The summed E-state index contributed by atoms with van der Waals surface area (Å²) in [6.45, 7) is 8.57. The Morgan fingerprint density at radius 3 is 2.50 bits per heavy atom. The van der Waals surface area contributed by atoms with Gasteiger partial charge in [0.25, 0.3) is 0 Å². The second kappa shape index (κ2) is 6.04. The first-order chi connectivity index (χ1) is 9.50. The third-order valence-electron chi connectivity index (χ3n) is 4.85. The van der Waals surface area contributed by atoms with E-state index in [4.69, 9.17) is 4.74 Å². The van der Waals surface area contributed by atoms with Crippen LogP contribution in [0.3, 0.4) is 0 Å². The van der Waals surface area contributed by atoms with E-state index in [1.54, 1.807) is 7.11 Å². The Kier molecular flexibility index (Phi) is 4.59. The average molecular weight is 277 g/mol. The lowest BCUT2D eigenvalue weighted by atomic mass is 9.78. The number of piperidine rings is 1. The van der Waals surface area contributed by atoms with Gasteiger partial charge in [-0.25, -0.2) is 0 Å². The Hall–Kier alpha value is -1.22. The fourth-order valence-electron chi connectivity index (χ4n) is 3.05. The molecule has 1 heterocycles. The van der Waals surface area contributed by atoms with E-state index < -0.39 is 6.10 Å². The van der Waals surface area contributed by atoms with E-state index in [-0.39, 0.29) is 0 Å². The molecule has 0 spiro atoms. The fraction of sp³-hybridized carbons (Fsp3) is 0.647. The van der Waals surface area contributed by atoms with Crippen molar-refractivity contribution in [2.75, 3.05) is 25.1 Å². The Balaban J connectivity index is 2.26. The number of aliphatic hydroxyl groups excluding tert-OH is 1. The first-order valence-electron chi connectivity index (χ1n) is 7.60. The molecule has 1 saturated heterocycles. The number of hydrogen-bond donors (Lipinski definition) is 1. The monoisotopic (exact) mass is 277 g/mol. The van der Waals surface area contributed by atoms with Gasteiger partial charge in [0, 0.05) is 24.3 Å². The molecule has 0 amide bonds. The second-order valence-corrected chi connectivity index (χ2v) is 6.22. The van der Waals surface area contributed by atoms with E-state index in [1.165, 1.54) is 19.3 Å². The highest BCUT2D eigenvalue weighted by molar-refractivity contribution is 5.60. The summed E-state index contributed by atoms with van der Waals surface area (Å²) in [5.41, 5.74) is 2.51. The van der Waals surface area contributed by atoms with Crippen LogP contribution < -0.4 is 9.64 Å². The largest absolute Gasteiger partial charge is 0.496 e. The Morgan fingerprint density at radius 1 is 1.35 bits per heavy atom. The van der Waals surface area contributed by atoms with E-state index in [1.807, 2.05) is 19.1 Å². The van der Waals surface area contributed by atoms with Crippen molar-refractivity contribution in [3.8, 4) is 5.75 Å². The number of hydrogen-bond acceptors (Lipinski definition) is 3. The number of benzene rings is 1. The molecular formula is C17H27NO2. The van der Waals surface area contributed by atoms with Crippen LogP contribution >= 0.6 is 0 Å². The van der Waals surface area contributed by atoms with E-state index in [0.717, 1.165) is 30.1 Å². The summed E-state index contributed by atoms with van der Waals surface area (Å²) in [4.78, 5) is 2.39. The van der Waals surface area contributed by atoms with E-state index in [2.05, 4.69) is 24.8 Å². The molecule has 1 fully saturated rings. The minimum Gasteiger partial charge on any atom is -0.496 e. The molecule has 0 aromatic heterocycles. The van der Waals surface area contributed by atoms with Crippen molar-refractivity contribution >= 4 is 5.69 Å². The standard InChI is InChI=1S/C17H27NO2/c1-5-17(3)9-11-18(12-10-17)14-7-6-8-15(20-4)16(14)13(2)19/h6-8,13,19H,5,9-12H2,1-4H3/t13-/m0/s1. The van der Waals surface area contributed by atoms with Gasteiger partial charge in [-0.1, -0.05) is 26.3 Å². The molecule has 112 valence electrons. The molecule has 0 unspecified atom stereocenters. The van der Waals surface area contributed by atoms with Crippen LogP contribution in [0.2, 0.25) is 0 Å². The number of methoxy groups -OCH3 is 1. The normalized spacial score (nSPS) is 19.8. The van der Waals surface area contributed by atoms with Crippen molar-refractivity contribution in [1.82, 2.24) is 0 Å². The molecule has 0 aliphatic carbocycles. The maximum Gasteiger partial charge on any atom is 0.126 e. The van der Waals surface area contributed by atoms with Gasteiger partial charge in [0.2, 0.25) is 0 Å². The molecule has 0 radical (unpaired) electrons. The molecule has 3 nitrogen and oxygen atoms in total. The Labute approximate surface area is 122 Å². The van der Waals surface area contributed by atoms with Crippen LogP contribution in [0.4, 0.5) is 5.69 Å². The van der Waals surface area contributed by atoms with Gasteiger partial charge in [0.05, 0.1) is 13.2 Å². The van der Waals surface area contributed by atoms with E-state index in [0.29, 0.717) is 5.41 Å². The summed E-state index contributed by atoms with van der Waals surface area (Å²) >= 11 is 0. The fourth-order valence-corrected chi connectivity index (χ4v) is 3.05. The van der Waals surface area contributed by atoms with Gasteiger partial charge in [-0.05, 0) is 37.3 Å². The lowest BCUT2D eigenvalue weighted by Gasteiger charge is -2.41. The topological polar surface area (TPSA) is 32.7 Å². The zero-order chi connectivity index (χ0) is 14.8. The zero-order valence-corrected chi connectivity index (χ0v) is 13.1. The lowest BCUT2D eigenvalue weighted by Crippen LogP contribution is -2.39. The summed E-state index contributed by atoms with van der Waals surface area (Å²) in [7, 11) is 1.66. The molecule has 3 heteroatoms. The van der Waals surface area contributed by atoms with Gasteiger partial charge >= 0.3 is 0 Å². The molecular weight excluding hydrogens is 250 g/mol. The maximum atomic E-state index is 10.1. The quantitative estimate of drug-likeness (QED) is 0.909. The number of nitrogens with zero attached hydrogens (tertiary/aromatic N) is 1. The van der Waals surface area contributed by atoms with Crippen LogP contribution in [0.1, 0.15) is 51.7 Å². The molecule has 1 N–H and O–H groups in total. The molecule has 1 atom stereocenters. The van der Waals surface area contributed by atoms with Gasteiger partial charge < -0.3 is 14.7 Å². The van der Waals surface area contributed by atoms with Crippen molar-refractivity contribution in [2.45, 2.75) is 46.1 Å². The minimum atomic E-state index is -0.513. The average Bonchev–Trinajstić information content (AvgIpc) is 2.47.